The number of allylic oxidation sites excluding steroid dienone is 1. The van der Waals surface area contributed by atoms with Crippen molar-refractivity contribution >= 4 is 5.97 Å². The number of carbonyl (C=O) groups excluding carboxylic acids is 1. The van der Waals surface area contributed by atoms with E-state index < -0.39 is 0 Å². The van der Waals surface area contributed by atoms with Crippen LogP contribution in [0.25, 0.3) is 0 Å². The molecule has 0 unspecified atom stereocenters. The number of hydrogen-bond donors (Lipinski definition) is 0. The van der Waals surface area contributed by atoms with Gasteiger partial charge in [-0.1, -0.05) is 6.08 Å². The third-order valence-electron chi connectivity index (χ3n) is 1.67. The van der Waals surface area contributed by atoms with Crippen molar-refractivity contribution in [1.82, 2.24) is 0 Å². The van der Waals surface area contributed by atoms with E-state index in [2.05, 4.69) is 0 Å². The van der Waals surface area contributed by atoms with E-state index in [1.165, 1.54) is 0 Å². The van der Waals surface area contributed by atoms with Crippen molar-refractivity contribution in [2.45, 2.75) is 13.8 Å². The highest BCUT2D eigenvalue weighted by Crippen LogP contribution is 2.25. The van der Waals surface area contributed by atoms with E-state index in [4.69, 9.17) is 4.74 Å². The Bertz CT molecular complexity index is 200. The second-order valence-corrected chi connectivity index (χ2v) is 2.77. The summed E-state index contributed by atoms with van der Waals surface area (Å²) in [6.07, 6.45) is 9.58. The molecule has 0 N–H and O–H groups in total. The van der Waals surface area contributed by atoms with Crippen LogP contribution in [0.1, 0.15) is 13.8 Å². The van der Waals surface area contributed by atoms with E-state index in [0.717, 1.165) is 5.92 Å². The van der Waals surface area contributed by atoms with Crippen molar-refractivity contribution in [3.63, 3.8) is 0 Å². The van der Waals surface area contributed by atoms with Gasteiger partial charge in [0.25, 0.3) is 0 Å². The second kappa shape index (κ2) is 5.05. The van der Waals surface area contributed by atoms with Crippen LogP contribution in [-0.2, 0) is 9.53 Å². The van der Waals surface area contributed by atoms with Crippen LogP contribution in [0.5, 0.6) is 0 Å². The number of rotatable bonds is 3. The first-order chi connectivity index (χ1) is 6.24. The van der Waals surface area contributed by atoms with E-state index in [1.54, 1.807) is 13.8 Å². The van der Waals surface area contributed by atoms with Gasteiger partial charge in [0.15, 0.2) is 0 Å². The molecule has 1 aliphatic rings. The van der Waals surface area contributed by atoms with E-state index in [9.17, 15) is 4.79 Å². The maximum Gasteiger partial charge on any atom is 0.333 e. The normalized spacial score (nSPS) is 19.1. The molecule has 5 radical (unpaired) electrons. The quantitative estimate of drug-likeness (QED) is 0.486. The van der Waals surface area contributed by atoms with Crippen LogP contribution in [0.4, 0.5) is 0 Å². The van der Waals surface area contributed by atoms with Crippen LogP contribution < -0.4 is 0 Å². The summed E-state index contributed by atoms with van der Waals surface area (Å²) in [6, 6.07) is 0. The molecule has 0 spiro atoms. The molecule has 0 aliphatic heterocycles. The number of carbonyl (C=O) groups is 1. The molecule has 0 atom stereocenters. The summed E-state index contributed by atoms with van der Waals surface area (Å²) >= 11 is 0. The van der Waals surface area contributed by atoms with Crippen LogP contribution in [0.15, 0.2) is 11.6 Å². The predicted molar refractivity (Wildman–Crippen MR) is 50.8 cm³/mol. The molecular weight excluding hydrogens is 164 g/mol. The average Bonchev–Trinajstić information content (AvgIpc) is 2.57. The summed E-state index contributed by atoms with van der Waals surface area (Å²) in [4.78, 5) is 11.2. The lowest BCUT2D eigenvalue weighted by Gasteiger charge is -2.04. The van der Waals surface area contributed by atoms with Crippen LogP contribution in [0, 0.1) is 31.6 Å². The van der Waals surface area contributed by atoms with E-state index >= 15 is 0 Å². The zero-order valence-corrected chi connectivity index (χ0v) is 7.91. The molecular formula is C11H13O2. The van der Waals surface area contributed by atoms with E-state index in [1.807, 2.05) is 31.8 Å². The first-order valence-corrected chi connectivity index (χ1v) is 4.31. The molecule has 0 bridgehead atoms. The lowest BCUT2D eigenvalue weighted by atomic mass is 10.1. The molecule has 0 heterocycles. The minimum Gasteiger partial charge on any atom is -0.463 e. The van der Waals surface area contributed by atoms with E-state index in [0.29, 0.717) is 12.2 Å². The fraction of sp³-hybridized carbons (Fsp3) is 0.273. The van der Waals surface area contributed by atoms with Gasteiger partial charge in [-0.3, -0.25) is 0 Å². The third-order valence-corrected chi connectivity index (χ3v) is 1.67. The third kappa shape index (κ3) is 3.21. The summed E-state index contributed by atoms with van der Waals surface area (Å²) < 4.78 is 4.85. The van der Waals surface area contributed by atoms with Gasteiger partial charge < -0.3 is 4.74 Å². The number of ether oxygens (including phenoxy) is 1. The first-order valence-electron chi connectivity index (χ1n) is 4.31. The predicted octanol–water partition coefficient (Wildman–Crippen LogP) is 1.90. The highest BCUT2D eigenvalue weighted by molar-refractivity contribution is 5.88. The van der Waals surface area contributed by atoms with Gasteiger partial charge >= 0.3 is 5.97 Å². The van der Waals surface area contributed by atoms with Gasteiger partial charge in [-0.25, -0.2) is 4.79 Å². The van der Waals surface area contributed by atoms with E-state index in [-0.39, 0.29) is 5.97 Å². The molecule has 0 aromatic carbocycles. The molecule has 0 aromatic heterocycles. The Morgan fingerprint density at radius 2 is 2.08 bits per heavy atom. The molecule has 2 nitrogen and oxygen atoms in total. The minimum absolute atomic E-state index is 0.247. The molecule has 0 amide bonds. The summed E-state index contributed by atoms with van der Waals surface area (Å²) in [5.74, 6) is 0.786. The van der Waals surface area contributed by atoms with Crippen molar-refractivity contribution in [3.8, 4) is 0 Å². The Morgan fingerprint density at radius 1 is 1.46 bits per heavy atom. The molecule has 0 aromatic rings. The monoisotopic (exact) mass is 177 g/mol. The van der Waals surface area contributed by atoms with Crippen molar-refractivity contribution < 1.29 is 9.53 Å². The SMILES string of the molecule is CCOC(=O)/C(C)=C/[C]1[CH][CH][CH][CH]1. The Labute approximate surface area is 80.0 Å². The highest BCUT2D eigenvalue weighted by Gasteiger charge is 2.16. The van der Waals surface area contributed by atoms with Crippen LogP contribution in [-0.4, -0.2) is 12.6 Å². The summed E-state index contributed by atoms with van der Waals surface area (Å²) in [7, 11) is 0. The van der Waals surface area contributed by atoms with Crippen molar-refractivity contribution in [2.75, 3.05) is 6.61 Å². The summed E-state index contributed by atoms with van der Waals surface area (Å²) in [6.45, 7) is 3.98. The molecule has 69 valence electrons. The van der Waals surface area contributed by atoms with Crippen molar-refractivity contribution in [3.05, 3.63) is 43.3 Å². The second-order valence-electron chi connectivity index (χ2n) is 2.77. The fourth-order valence-electron chi connectivity index (χ4n) is 1.04. The smallest absolute Gasteiger partial charge is 0.333 e. The first kappa shape index (κ1) is 10.3. The molecule has 2 heteroatoms. The van der Waals surface area contributed by atoms with Gasteiger partial charge in [0.05, 0.1) is 6.61 Å². The van der Waals surface area contributed by atoms with Gasteiger partial charge in [0.1, 0.15) is 0 Å². The molecule has 1 saturated carbocycles. The van der Waals surface area contributed by atoms with Gasteiger partial charge in [-0.2, -0.15) is 0 Å². The molecule has 1 aliphatic carbocycles. The van der Waals surface area contributed by atoms with Gasteiger partial charge in [0, 0.05) is 11.5 Å². The van der Waals surface area contributed by atoms with Crippen molar-refractivity contribution in [1.29, 1.82) is 0 Å². The summed E-state index contributed by atoms with van der Waals surface area (Å²) in [5.41, 5.74) is 0.632. The standard InChI is InChI=1S/C11H13O2/c1-3-13-11(12)9(2)8-10-6-4-5-7-10/h4-8H,3H2,1-2H3/b9-8+. The fourth-order valence-corrected chi connectivity index (χ4v) is 1.04. The Kier molecular flexibility index (Phi) is 4.00. The van der Waals surface area contributed by atoms with Crippen LogP contribution in [0.3, 0.4) is 0 Å². The Balaban J connectivity index is 2.44. The lowest BCUT2D eigenvalue weighted by Crippen LogP contribution is -2.06. The van der Waals surface area contributed by atoms with Crippen LogP contribution in [0.2, 0.25) is 0 Å². The Morgan fingerprint density at radius 3 is 2.62 bits per heavy atom. The topological polar surface area (TPSA) is 26.3 Å². The average molecular weight is 177 g/mol. The van der Waals surface area contributed by atoms with Crippen LogP contribution >= 0.6 is 0 Å². The zero-order valence-electron chi connectivity index (χ0n) is 7.91. The molecule has 0 saturated heterocycles. The van der Waals surface area contributed by atoms with Gasteiger partial charge in [-0.15, -0.1) is 0 Å². The molecule has 1 fully saturated rings. The number of esters is 1. The molecule has 1 rings (SSSR count). The maximum atomic E-state index is 11.2. The van der Waals surface area contributed by atoms with Gasteiger partial charge in [0.2, 0.25) is 0 Å². The van der Waals surface area contributed by atoms with Crippen molar-refractivity contribution in [2.24, 2.45) is 0 Å². The van der Waals surface area contributed by atoms with Gasteiger partial charge in [-0.05, 0) is 39.5 Å². The maximum absolute atomic E-state index is 11.2. The largest absolute Gasteiger partial charge is 0.463 e. The minimum atomic E-state index is -0.247. The Hall–Kier alpha value is -0.790. The lowest BCUT2D eigenvalue weighted by molar-refractivity contribution is -0.138. The highest BCUT2D eigenvalue weighted by atomic mass is 16.5. The zero-order chi connectivity index (χ0) is 9.68. The molecule has 13 heavy (non-hydrogen) atoms. The number of hydrogen-bond acceptors (Lipinski definition) is 2. The summed E-state index contributed by atoms with van der Waals surface area (Å²) in [5, 5.41) is 0.